The molecule has 1 saturated heterocycles. The van der Waals surface area contributed by atoms with E-state index in [-0.39, 0.29) is 11.8 Å². The number of nitrogens with zero attached hydrogens (tertiary/aromatic N) is 1. The summed E-state index contributed by atoms with van der Waals surface area (Å²) < 4.78 is 0. The predicted octanol–water partition coefficient (Wildman–Crippen LogP) is 2.03. The SMILES string of the molecule is NNC(=O)C(CN1CCCCCCC1)c1ccccc1. The summed E-state index contributed by atoms with van der Waals surface area (Å²) in [5, 5.41) is 0. The Morgan fingerprint density at radius 2 is 1.70 bits per heavy atom. The molecule has 0 radical (unpaired) electrons. The lowest BCUT2D eigenvalue weighted by molar-refractivity contribution is -0.123. The van der Waals surface area contributed by atoms with Crippen molar-refractivity contribution < 1.29 is 4.79 Å². The summed E-state index contributed by atoms with van der Waals surface area (Å²) in [6.07, 6.45) is 6.40. The van der Waals surface area contributed by atoms with Crippen LogP contribution in [0.3, 0.4) is 0 Å². The zero-order valence-corrected chi connectivity index (χ0v) is 12.1. The fourth-order valence-corrected chi connectivity index (χ4v) is 2.88. The van der Waals surface area contributed by atoms with E-state index in [1.807, 2.05) is 30.3 Å². The summed E-state index contributed by atoms with van der Waals surface area (Å²) in [6.45, 7) is 2.93. The summed E-state index contributed by atoms with van der Waals surface area (Å²) in [6, 6.07) is 9.92. The van der Waals surface area contributed by atoms with Gasteiger partial charge in [0.15, 0.2) is 0 Å². The van der Waals surface area contributed by atoms with Crippen molar-refractivity contribution in [2.24, 2.45) is 5.84 Å². The van der Waals surface area contributed by atoms with Gasteiger partial charge in [0.2, 0.25) is 5.91 Å². The van der Waals surface area contributed by atoms with Crippen LogP contribution in [0.4, 0.5) is 0 Å². The van der Waals surface area contributed by atoms with Crippen LogP contribution in [0, 0.1) is 0 Å². The number of amides is 1. The van der Waals surface area contributed by atoms with Gasteiger partial charge < -0.3 is 4.90 Å². The van der Waals surface area contributed by atoms with Gasteiger partial charge in [0.1, 0.15) is 0 Å². The third-order valence-corrected chi connectivity index (χ3v) is 4.05. The molecule has 1 unspecified atom stereocenters. The van der Waals surface area contributed by atoms with Crippen molar-refractivity contribution in [3.05, 3.63) is 35.9 Å². The van der Waals surface area contributed by atoms with Gasteiger partial charge in [-0.3, -0.25) is 10.2 Å². The molecule has 1 atom stereocenters. The van der Waals surface area contributed by atoms with E-state index in [4.69, 9.17) is 5.84 Å². The monoisotopic (exact) mass is 275 g/mol. The molecular weight excluding hydrogens is 250 g/mol. The molecule has 1 amide bonds. The molecule has 20 heavy (non-hydrogen) atoms. The van der Waals surface area contributed by atoms with Gasteiger partial charge >= 0.3 is 0 Å². The molecule has 0 bridgehead atoms. The van der Waals surface area contributed by atoms with Gasteiger partial charge in [0.25, 0.3) is 0 Å². The first-order valence-corrected chi connectivity index (χ1v) is 7.59. The zero-order valence-electron chi connectivity index (χ0n) is 12.1. The molecule has 2 rings (SSSR count). The van der Waals surface area contributed by atoms with E-state index in [1.54, 1.807) is 0 Å². The van der Waals surface area contributed by atoms with Gasteiger partial charge in [-0.2, -0.15) is 0 Å². The summed E-state index contributed by atoms with van der Waals surface area (Å²) in [7, 11) is 0. The average Bonchev–Trinajstić information content (AvgIpc) is 2.46. The number of nitrogens with two attached hydrogens (primary N) is 1. The van der Waals surface area contributed by atoms with Crippen LogP contribution in [-0.2, 0) is 4.79 Å². The number of likely N-dealkylation sites (tertiary alicyclic amines) is 1. The Morgan fingerprint density at radius 1 is 1.10 bits per heavy atom. The molecule has 4 heteroatoms. The minimum Gasteiger partial charge on any atom is -0.302 e. The van der Waals surface area contributed by atoms with E-state index in [1.165, 1.54) is 32.1 Å². The molecule has 0 spiro atoms. The van der Waals surface area contributed by atoms with Crippen LogP contribution in [0.2, 0.25) is 0 Å². The summed E-state index contributed by atoms with van der Waals surface area (Å²) in [4.78, 5) is 14.5. The maximum Gasteiger partial charge on any atom is 0.242 e. The Morgan fingerprint density at radius 3 is 2.30 bits per heavy atom. The first-order valence-electron chi connectivity index (χ1n) is 7.59. The van der Waals surface area contributed by atoms with Crippen LogP contribution in [-0.4, -0.2) is 30.4 Å². The molecule has 1 aromatic rings. The molecule has 1 aromatic carbocycles. The normalized spacial score (nSPS) is 18.9. The van der Waals surface area contributed by atoms with Crippen LogP contribution in [0.15, 0.2) is 30.3 Å². The maximum atomic E-state index is 12.1. The lowest BCUT2D eigenvalue weighted by atomic mass is 9.97. The molecule has 1 fully saturated rings. The smallest absolute Gasteiger partial charge is 0.242 e. The number of carbonyl (C=O) groups excluding carboxylic acids is 1. The van der Waals surface area contributed by atoms with Crippen molar-refractivity contribution in [2.45, 2.75) is 38.0 Å². The van der Waals surface area contributed by atoms with E-state index in [0.717, 1.165) is 25.2 Å². The lowest BCUT2D eigenvalue weighted by Crippen LogP contribution is -2.41. The highest BCUT2D eigenvalue weighted by Gasteiger charge is 2.23. The summed E-state index contributed by atoms with van der Waals surface area (Å²) in [5.74, 6) is 5.07. The van der Waals surface area contributed by atoms with Crippen LogP contribution < -0.4 is 11.3 Å². The molecule has 0 aromatic heterocycles. The number of hydrogen-bond donors (Lipinski definition) is 2. The largest absolute Gasteiger partial charge is 0.302 e. The number of rotatable bonds is 4. The highest BCUT2D eigenvalue weighted by Crippen LogP contribution is 2.19. The highest BCUT2D eigenvalue weighted by molar-refractivity contribution is 5.83. The van der Waals surface area contributed by atoms with Crippen molar-refractivity contribution in [1.29, 1.82) is 0 Å². The van der Waals surface area contributed by atoms with E-state index in [0.29, 0.717) is 0 Å². The topological polar surface area (TPSA) is 58.4 Å². The number of hydrogen-bond acceptors (Lipinski definition) is 3. The van der Waals surface area contributed by atoms with Gasteiger partial charge in [-0.15, -0.1) is 0 Å². The van der Waals surface area contributed by atoms with Gasteiger partial charge in [-0.1, -0.05) is 49.6 Å². The lowest BCUT2D eigenvalue weighted by Gasteiger charge is -2.28. The molecule has 1 aliphatic heterocycles. The van der Waals surface area contributed by atoms with E-state index in [9.17, 15) is 4.79 Å². The molecule has 3 N–H and O–H groups in total. The Kier molecular flexibility index (Phi) is 6.02. The van der Waals surface area contributed by atoms with E-state index < -0.39 is 0 Å². The number of hydrazine groups is 1. The first kappa shape index (κ1) is 15.0. The molecule has 0 saturated carbocycles. The average molecular weight is 275 g/mol. The molecule has 1 aliphatic rings. The second-order valence-corrected chi connectivity index (χ2v) is 5.54. The Hall–Kier alpha value is -1.39. The van der Waals surface area contributed by atoms with Crippen LogP contribution in [0.1, 0.15) is 43.6 Å². The number of carbonyl (C=O) groups is 1. The number of nitrogens with one attached hydrogen (secondary N) is 1. The molecule has 110 valence electrons. The third-order valence-electron chi connectivity index (χ3n) is 4.05. The fourth-order valence-electron chi connectivity index (χ4n) is 2.88. The third kappa shape index (κ3) is 4.32. The van der Waals surface area contributed by atoms with Gasteiger partial charge in [0.05, 0.1) is 5.92 Å². The zero-order chi connectivity index (χ0) is 14.2. The maximum absolute atomic E-state index is 12.1. The standard InChI is InChI=1S/C16H25N3O/c17-18-16(20)15(14-9-5-4-6-10-14)13-19-11-7-2-1-3-8-12-19/h4-6,9-10,15H,1-3,7-8,11-13,17H2,(H,18,20). The Balaban J connectivity index is 2.05. The van der Waals surface area contributed by atoms with Crippen molar-refractivity contribution in [3.63, 3.8) is 0 Å². The fraction of sp³-hybridized carbons (Fsp3) is 0.562. The summed E-state index contributed by atoms with van der Waals surface area (Å²) >= 11 is 0. The van der Waals surface area contributed by atoms with Gasteiger partial charge in [-0.25, -0.2) is 5.84 Å². The quantitative estimate of drug-likeness (QED) is 0.502. The van der Waals surface area contributed by atoms with Crippen LogP contribution >= 0.6 is 0 Å². The van der Waals surface area contributed by atoms with E-state index in [2.05, 4.69) is 10.3 Å². The Labute approximate surface area is 121 Å². The highest BCUT2D eigenvalue weighted by atomic mass is 16.2. The molecule has 1 heterocycles. The second kappa shape index (κ2) is 8.02. The first-order chi connectivity index (χ1) is 9.81. The second-order valence-electron chi connectivity index (χ2n) is 5.54. The number of benzene rings is 1. The minimum atomic E-state index is -0.180. The van der Waals surface area contributed by atoms with Crippen molar-refractivity contribution in [1.82, 2.24) is 10.3 Å². The van der Waals surface area contributed by atoms with Crippen LogP contribution in [0.25, 0.3) is 0 Å². The molecule has 4 nitrogen and oxygen atoms in total. The van der Waals surface area contributed by atoms with Crippen LogP contribution in [0.5, 0.6) is 0 Å². The van der Waals surface area contributed by atoms with Crippen molar-refractivity contribution >= 4 is 5.91 Å². The molecular formula is C16H25N3O. The molecule has 0 aliphatic carbocycles. The predicted molar refractivity (Wildman–Crippen MR) is 81.0 cm³/mol. The minimum absolute atomic E-state index is 0.0988. The van der Waals surface area contributed by atoms with Crippen molar-refractivity contribution in [3.8, 4) is 0 Å². The Bertz CT molecular complexity index is 399. The van der Waals surface area contributed by atoms with Gasteiger partial charge in [-0.05, 0) is 31.5 Å². The summed E-state index contributed by atoms with van der Waals surface area (Å²) in [5.41, 5.74) is 3.35. The van der Waals surface area contributed by atoms with E-state index >= 15 is 0 Å². The van der Waals surface area contributed by atoms with Gasteiger partial charge in [0, 0.05) is 6.54 Å². The van der Waals surface area contributed by atoms with Crippen molar-refractivity contribution in [2.75, 3.05) is 19.6 Å².